The molecule has 0 fully saturated rings. The molecule has 3 aromatic rings. The maximum Gasteiger partial charge on any atom is 0.234 e. The van der Waals surface area contributed by atoms with Gasteiger partial charge in [-0.05, 0) is 43.3 Å². The van der Waals surface area contributed by atoms with Gasteiger partial charge < -0.3 is 9.88 Å². The molecule has 146 valence electrons. The van der Waals surface area contributed by atoms with Gasteiger partial charge in [-0.15, -0.1) is 28.1 Å². The highest BCUT2D eigenvalue weighted by Gasteiger charge is 2.15. The van der Waals surface area contributed by atoms with Crippen molar-refractivity contribution >= 4 is 34.7 Å². The summed E-state index contributed by atoms with van der Waals surface area (Å²) in [6, 6.07) is 8.27. The van der Waals surface area contributed by atoms with Crippen LogP contribution in [0.5, 0.6) is 0 Å². The summed E-state index contributed by atoms with van der Waals surface area (Å²) in [4.78, 5) is 13.7. The molecule has 0 unspecified atom stereocenters. The number of rotatable bonds is 8. The Morgan fingerprint density at radius 1 is 1.29 bits per heavy atom. The lowest BCUT2D eigenvalue weighted by atomic mass is 10.1. The average molecular weight is 413 g/mol. The monoisotopic (exact) mass is 412 g/mol. The van der Waals surface area contributed by atoms with Crippen LogP contribution in [0.4, 0.5) is 5.69 Å². The van der Waals surface area contributed by atoms with E-state index >= 15 is 0 Å². The van der Waals surface area contributed by atoms with Crippen molar-refractivity contribution in [3.8, 4) is 0 Å². The number of aryl methyl sites for hydroxylation is 3. The van der Waals surface area contributed by atoms with Crippen molar-refractivity contribution in [1.29, 1.82) is 0 Å². The molecular formula is C21H24N4OS2. The van der Waals surface area contributed by atoms with E-state index in [1.807, 2.05) is 30.6 Å². The Hall–Kier alpha value is -2.38. The first-order valence-electron chi connectivity index (χ1n) is 9.03. The summed E-state index contributed by atoms with van der Waals surface area (Å²) in [7, 11) is 0. The molecule has 3 rings (SSSR count). The van der Waals surface area contributed by atoms with Crippen molar-refractivity contribution in [3.63, 3.8) is 0 Å². The molecule has 1 amide bonds. The molecule has 0 atom stereocenters. The standard InChI is InChI=1S/C21H24N4OS2/c1-5-8-25-18(12-17-7-6-9-27-17)23-24-21(25)28-13-19(26)22-20-15(3)10-14(2)11-16(20)4/h5-7,9-11H,1,8,12-13H2,2-4H3,(H,22,26). The van der Waals surface area contributed by atoms with Crippen LogP contribution in [-0.2, 0) is 17.8 Å². The summed E-state index contributed by atoms with van der Waals surface area (Å²) in [5, 5.41) is 14.4. The summed E-state index contributed by atoms with van der Waals surface area (Å²) < 4.78 is 2.02. The van der Waals surface area contributed by atoms with Gasteiger partial charge in [0.15, 0.2) is 5.16 Å². The van der Waals surface area contributed by atoms with Crippen molar-refractivity contribution in [2.45, 2.75) is 38.9 Å². The Morgan fingerprint density at radius 3 is 2.68 bits per heavy atom. The number of thioether (sulfide) groups is 1. The zero-order valence-corrected chi connectivity index (χ0v) is 18.0. The van der Waals surface area contributed by atoms with Crippen LogP contribution >= 0.6 is 23.1 Å². The summed E-state index contributed by atoms with van der Waals surface area (Å²) >= 11 is 3.09. The average Bonchev–Trinajstić information content (AvgIpc) is 3.28. The van der Waals surface area contributed by atoms with Crippen LogP contribution in [0.1, 0.15) is 27.4 Å². The quantitative estimate of drug-likeness (QED) is 0.428. The van der Waals surface area contributed by atoms with E-state index in [9.17, 15) is 4.79 Å². The lowest BCUT2D eigenvalue weighted by Crippen LogP contribution is -2.16. The number of allylic oxidation sites excluding steroid dienone is 1. The minimum Gasteiger partial charge on any atom is -0.325 e. The highest BCUT2D eigenvalue weighted by molar-refractivity contribution is 7.99. The zero-order chi connectivity index (χ0) is 20.1. The second-order valence-electron chi connectivity index (χ2n) is 6.66. The second-order valence-corrected chi connectivity index (χ2v) is 8.64. The van der Waals surface area contributed by atoms with Gasteiger partial charge in [0.25, 0.3) is 0 Å². The highest BCUT2D eigenvalue weighted by Crippen LogP contribution is 2.24. The number of hydrogen-bond donors (Lipinski definition) is 1. The summed E-state index contributed by atoms with van der Waals surface area (Å²) in [5.41, 5.74) is 4.23. The van der Waals surface area contributed by atoms with Crippen molar-refractivity contribution < 1.29 is 4.79 Å². The van der Waals surface area contributed by atoms with Crippen LogP contribution in [0.3, 0.4) is 0 Å². The fourth-order valence-corrected chi connectivity index (χ4v) is 4.59. The molecule has 0 aliphatic rings. The minimum atomic E-state index is -0.0481. The van der Waals surface area contributed by atoms with Crippen molar-refractivity contribution in [2.75, 3.05) is 11.1 Å². The molecular weight excluding hydrogens is 388 g/mol. The van der Waals surface area contributed by atoms with Crippen LogP contribution in [0.15, 0.2) is 47.5 Å². The molecule has 1 aromatic carbocycles. The Kier molecular flexibility index (Phi) is 6.70. The first-order valence-corrected chi connectivity index (χ1v) is 10.9. The predicted octanol–water partition coefficient (Wildman–Crippen LogP) is 4.77. The topological polar surface area (TPSA) is 59.8 Å². The van der Waals surface area contributed by atoms with Gasteiger partial charge in [-0.25, -0.2) is 0 Å². The molecule has 7 heteroatoms. The van der Waals surface area contributed by atoms with Crippen LogP contribution in [0, 0.1) is 20.8 Å². The van der Waals surface area contributed by atoms with E-state index in [0.717, 1.165) is 34.2 Å². The third kappa shape index (κ3) is 4.91. The van der Waals surface area contributed by atoms with Gasteiger partial charge >= 0.3 is 0 Å². The molecule has 0 bridgehead atoms. The summed E-state index contributed by atoms with van der Waals surface area (Å²) in [6.45, 7) is 10.5. The SMILES string of the molecule is C=CCn1c(Cc2cccs2)nnc1SCC(=O)Nc1c(C)cc(C)cc1C. The number of aromatic nitrogens is 3. The van der Waals surface area contributed by atoms with E-state index in [1.54, 1.807) is 11.3 Å². The largest absolute Gasteiger partial charge is 0.325 e. The van der Waals surface area contributed by atoms with Gasteiger partial charge in [-0.2, -0.15) is 0 Å². The molecule has 0 spiro atoms. The molecule has 0 aliphatic carbocycles. The lowest BCUT2D eigenvalue weighted by molar-refractivity contribution is -0.113. The number of nitrogens with zero attached hydrogens (tertiary/aromatic N) is 3. The lowest BCUT2D eigenvalue weighted by Gasteiger charge is -2.13. The fraction of sp³-hybridized carbons (Fsp3) is 0.286. The molecule has 0 saturated heterocycles. The number of carbonyl (C=O) groups is 1. The summed E-state index contributed by atoms with van der Waals surface area (Å²) in [5.74, 6) is 1.12. The van der Waals surface area contributed by atoms with Gasteiger partial charge in [0.1, 0.15) is 5.82 Å². The second kappa shape index (κ2) is 9.21. The Morgan fingerprint density at radius 2 is 2.04 bits per heavy atom. The molecule has 2 heterocycles. The molecule has 1 N–H and O–H groups in total. The number of anilines is 1. The minimum absolute atomic E-state index is 0.0481. The van der Waals surface area contributed by atoms with Crippen LogP contribution in [0.2, 0.25) is 0 Å². The first kappa shape index (κ1) is 20.4. The number of benzene rings is 1. The van der Waals surface area contributed by atoms with Crippen LogP contribution in [-0.4, -0.2) is 26.4 Å². The fourth-order valence-electron chi connectivity index (χ4n) is 3.12. The molecule has 0 saturated carbocycles. The maximum atomic E-state index is 12.5. The highest BCUT2D eigenvalue weighted by atomic mass is 32.2. The van der Waals surface area contributed by atoms with Gasteiger partial charge in [-0.1, -0.05) is 41.6 Å². The van der Waals surface area contributed by atoms with E-state index in [0.29, 0.717) is 6.54 Å². The Labute approximate surface area is 173 Å². The van der Waals surface area contributed by atoms with E-state index in [4.69, 9.17) is 0 Å². The van der Waals surface area contributed by atoms with Gasteiger partial charge in [-0.3, -0.25) is 4.79 Å². The van der Waals surface area contributed by atoms with Gasteiger partial charge in [0, 0.05) is 23.5 Å². The smallest absolute Gasteiger partial charge is 0.234 e. The maximum absolute atomic E-state index is 12.5. The number of hydrogen-bond acceptors (Lipinski definition) is 5. The number of carbonyl (C=O) groups excluding carboxylic acids is 1. The number of thiophene rings is 1. The van der Waals surface area contributed by atoms with E-state index < -0.39 is 0 Å². The first-order chi connectivity index (χ1) is 13.5. The summed E-state index contributed by atoms with van der Waals surface area (Å²) in [6.07, 6.45) is 2.55. The third-order valence-corrected chi connectivity index (χ3v) is 6.13. The normalized spacial score (nSPS) is 10.8. The Bertz CT molecular complexity index is 953. The van der Waals surface area contributed by atoms with Crippen molar-refractivity contribution in [1.82, 2.24) is 14.8 Å². The van der Waals surface area contributed by atoms with Crippen molar-refractivity contribution in [3.05, 3.63) is 69.7 Å². The van der Waals surface area contributed by atoms with Crippen LogP contribution in [0.25, 0.3) is 0 Å². The zero-order valence-electron chi connectivity index (χ0n) is 16.4. The molecule has 2 aromatic heterocycles. The predicted molar refractivity (Wildman–Crippen MR) is 117 cm³/mol. The van der Waals surface area contributed by atoms with E-state index in [2.05, 4.69) is 52.6 Å². The molecule has 5 nitrogen and oxygen atoms in total. The molecule has 0 aliphatic heterocycles. The number of nitrogens with one attached hydrogen (secondary N) is 1. The van der Waals surface area contributed by atoms with Gasteiger partial charge in [0.2, 0.25) is 5.91 Å². The van der Waals surface area contributed by atoms with Crippen molar-refractivity contribution in [2.24, 2.45) is 0 Å². The third-order valence-electron chi connectivity index (χ3n) is 4.29. The molecule has 28 heavy (non-hydrogen) atoms. The van der Waals surface area contributed by atoms with E-state index in [-0.39, 0.29) is 11.7 Å². The van der Waals surface area contributed by atoms with Gasteiger partial charge in [0.05, 0.1) is 5.75 Å². The number of amides is 1. The van der Waals surface area contributed by atoms with Crippen LogP contribution < -0.4 is 5.32 Å². The molecule has 0 radical (unpaired) electrons. The van der Waals surface area contributed by atoms with E-state index in [1.165, 1.54) is 22.2 Å². The Balaban J connectivity index is 1.67.